The maximum atomic E-state index is 5.65. The molecule has 22 heavy (non-hydrogen) atoms. The summed E-state index contributed by atoms with van der Waals surface area (Å²) in [7, 11) is 0. The Morgan fingerprint density at radius 2 is 2.14 bits per heavy atom. The number of guanidine groups is 1. The van der Waals surface area contributed by atoms with E-state index >= 15 is 0 Å². The van der Waals surface area contributed by atoms with Crippen molar-refractivity contribution in [3.63, 3.8) is 0 Å². The molecule has 0 spiro atoms. The highest BCUT2D eigenvalue weighted by atomic mass is 32.1. The standard InChI is InChI=1S/C16H24N4OS/c1-6-17-16(18-9-15-19-11(3)13(5)22-15)20-12(4)14-8-7-10(2)21-14/h7-8,12H,6,9H2,1-5H3,(H2,17,18,20). The summed E-state index contributed by atoms with van der Waals surface area (Å²) in [6.07, 6.45) is 0. The van der Waals surface area contributed by atoms with Crippen LogP contribution in [-0.4, -0.2) is 17.5 Å². The lowest BCUT2D eigenvalue weighted by Gasteiger charge is -2.15. The minimum Gasteiger partial charge on any atom is -0.464 e. The van der Waals surface area contributed by atoms with Gasteiger partial charge >= 0.3 is 0 Å². The Hall–Kier alpha value is -1.82. The first-order valence-corrected chi connectivity index (χ1v) is 8.35. The second-order valence-corrected chi connectivity index (χ2v) is 6.55. The molecular formula is C16H24N4OS. The van der Waals surface area contributed by atoms with Crippen molar-refractivity contribution in [3.05, 3.63) is 39.2 Å². The van der Waals surface area contributed by atoms with Gasteiger partial charge in [-0.25, -0.2) is 9.98 Å². The Kier molecular flexibility index (Phi) is 5.60. The molecule has 0 aliphatic heterocycles. The van der Waals surface area contributed by atoms with Crippen LogP contribution in [0.4, 0.5) is 0 Å². The number of hydrogen-bond donors (Lipinski definition) is 2. The summed E-state index contributed by atoms with van der Waals surface area (Å²) in [5, 5.41) is 7.65. The monoisotopic (exact) mass is 320 g/mol. The van der Waals surface area contributed by atoms with E-state index in [2.05, 4.69) is 41.4 Å². The third-order valence-corrected chi connectivity index (χ3v) is 4.39. The third-order valence-electron chi connectivity index (χ3n) is 3.33. The number of nitrogens with zero attached hydrogens (tertiary/aromatic N) is 2. The van der Waals surface area contributed by atoms with Crippen molar-refractivity contribution in [2.45, 2.75) is 47.2 Å². The van der Waals surface area contributed by atoms with Crippen LogP contribution in [0.1, 0.15) is 47.0 Å². The molecule has 0 radical (unpaired) electrons. The van der Waals surface area contributed by atoms with Crippen molar-refractivity contribution in [1.82, 2.24) is 15.6 Å². The van der Waals surface area contributed by atoms with Gasteiger partial charge in [0.1, 0.15) is 16.5 Å². The number of furan rings is 1. The van der Waals surface area contributed by atoms with Crippen LogP contribution in [0.15, 0.2) is 21.5 Å². The summed E-state index contributed by atoms with van der Waals surface area (Å²) >= 11 is 1.70. The minimum absolute atomic E-state index is 0.0614. The molecule has 1 atom stereocenters. The van der Waals surface area contributed by atoms with E-state index in [1.165, 1.54) is 4.88 Å². The number of aliphatic imine (C=N–C) groups is 1. The molecule has 2 N–H and O–H groups in total. The molecule has 120 valence electrons. The van der Waals surface area contributed by atoms with Gasteiger partial charge in [0.05, 0.1) is 18.3 Å². The van der Waals surface area contributed by atoms with E-state index in [9.17, 15) is 0 Å². The van der Waals surface area contributed by atoms with Crippen molar-refractivity contribution in [2.75, 3.05) is 6.54 Å². The van der Waals surface area contributed by atoms with E-state index in [1.807, 2.05) is 26.0 Å². The van der Waals surface area contributed by atoms with Crippen LogP contribution >= 0.6 is 11.3 Å². The number of hydrogen-bond acceptors (Lipinski definition) is 4. The average Bonchev–Trinajstić information content (AvgIpc) is 3.03. The molecule has 0 saturated carbocycles. The zero-order valence-electron chi connectivity index (χ0n) is 13.9. The van der Waals surface area contributed by atoms with Crippen LogP contribution in [0.25, 0.3) is 0 Å². The molecule has 0 aliphatic rings. The lowest BCUT2D eigenvalue weighted by Crippen LogP contribution is -2.38. The van der Waals surface area contributed by atoms with E-state index in [1.54, 1.807) is 11.3 Å². The quantitative estimate of drug-likeness (QED) is 0.654. The SMILES string of the molecule is CCNC(=NCc1nc(C)c(C)s1)NC(C)c1ccc(C)o1. The Morgan fingerprint density at radius 3 is 2.68 bits per heavy atom. The molecule has 6 heteroatoms. The Bertz CT molecular complexity index is 625. The van der Waals surface area contributed by atoms with Crippen LogP contribution in [0.5, 0.6) is 0 Å². The molecule has 0 amide bonds. The van der Waals surface area contributed by atoms with E-state index < -0.39 is 0 Å². The maximum Gasteiger partial charge on any atom is 0.192 e. The fourth-order valence-electron chi connectivity index (χ4n) is 2.04. The summed E-state index contributed by atoms with van der Waals surface area (Å²) in [6, 6.07) is 4.02. The third kappa shape index (κ3) is 4.34. The van der Waals surface area contributed by atoms with Gasteiger partial charge in [0.25, 0.3) is 0 Å². The summed E-state index contributed by atoms with van der Waals surface area (Å²) in [6.45, 7) is 11.6. The summed E-state index contributed by atoms with van der Waals surface area (Å²) in [5.41, 5.74) is 1.09. The van der Waals surface area contributed by atoms with Gasteiger partial charge in [-0.2, -0.15) is 0 Å². The van der Waals surface area contributed by atoms with Crippen LogP contribution in [0, 0.1) is 20.8 Å². The topological polar surface area (TPSA) is 62.5 Å². The van der Waals surface area contributed by atoms with Crippen LogP contribution in [0.3, 0.4) is 0 Å². The van der Waals surface area contributed by atoms with E-state index in [0.717, 1.165) is 34.7 Å². The van der Waals surface area contributed by atoms with Gasteiger partial charge in [-0.15, -0.1) is 11.3 Å². The molecule has 2 aromatic rings. The first-order valence-electron chi connectivity index (χ1n) is 7.53. The first-order chi connectivity index (χ1) is 10.5. The minimum atomic E-state index is 0.0614. The lowest BCUT2D eigenvalue weighted by molar-refractivity contribution is 0.441. The van der Waals surface area contributed by atoms with E-state index in [-0.39, 0.29) is 6.04 Å². The fourth-order valence-corrected chi connectivity index (χ4v) is 2.89. The number of aromatic nitrogens is 1. The zero-order chi connectivity index (χ0) is 16.1. The normalized spacial score (nSPS) is 13.2. The zero-order valence-corrected chi connectivity index (χ0v) is 14.7. The fraction of sp³-hybridized carbons (Fsp3) is 0.500. The molecule has 1 unspecified atom stereocenters. The first kappa shape index (κ1) is 16.5. The number of aryl methyl sites for hydroxylation is 3. The van der Waals surface area contributed by atoms with Gasteiger partial charge in [0.15, 0.2) is 5.96 Å². The number of rotatable bonds is 5. The van der Waals surface area contributed by atoms with Crippen molar-refractivity contribution < 1.29 is 4.42 Å². The smallest absolute Gasteiger partial charge is 0.192 e. The van der Waals surface area contributed by atoms with Gasteiger partial charge < -0.3 is 15.1 Å². The van der Waals surface area contributed by atoms with E-state index in [4.69, 9.17) is 4.42 Å². The number of nitrogens with one attached hydrogen (secondary N) is 2. The van der Waals surface area contributed by atoms with Gasteiger partial charge in [-0.05, 0) is 46.8 Å². The summed E-state index contributed by atoms with van der Waals surface area (Å²) < 4.78 is 5.65. The van der Waals surface area contributed by atoms with Crippen molar-refractivity contribution in [2.24, 2.45) is 4.99 Å². The maximum absolute atomic E-state index is 5.65. The van der Waals surface area contributed by atoms with Crippen molar-refractivity contribution >= 4 is 17.3 Å². The van der Waals surface area contributed by atoms with Gasteiger partial charge in [0.2, 0.25) is 0 Å². The molecule has 0 aliphatic carbocycles. The molecule has 0 bridgehead atoms. The van der Waals surface area contributed by atoms with Crippen LogP contribution in [-0.2, 0) is 6.54 Å². The van der Waals surface area contributed by atoms with Gasteiger partial charge in [-0.1, -0.05) is 0 Å². The van der Waals surface area contributed by atoms with Gasteiger partial charge in [-0.3, -0.25) is 0 Å². The van der Waals surface area contributed by atoms with Crippen molar-refractivity contribution in [1.29, 1.82) is 0 Å². The predicted octanol–water partition coefficient (Wildman–Crippen LogP) is 3.48. The lowest BCUT2D eigenvalue weighted by atomic mass is 10.2. The summed E-state index contributed by atoms with van der Waals surface area (Å²) in [5.74, 6) is 2.60. The highest BCUT2D eigenvalue weighted by molar-refractivity contribution is 7.11. The average molecular weight is 320 g/mol. The molecule has 0 fully saturated rings. The number of thiazole rings is 1. The highest BCUT2D eigenvalue weighted by Gasteiger charge is 2.11. The predicted molar refractivity (Wildman–Crippen MR) is 91.4 cm³/mol. The molecule has 0 saturated heterocycles. The van der Waals surface area contributed by atoms with Crippen molar-refractivity contribution in [3.8, 4) is 0 Å². The Balaban J connectivity index is 2.03. The summed E-state index contributed by atoms with van der Waals surface area (Å²) in [4.78, 5) is 10.4. The second kappa shape index (κ2) is 7.45. The Labute approximate surface area is 135 Å². The largest absolute Gasteiger partial charge is 0.464 e. The van der Waals surface area contributed by atoms with E-state index in [0.29, 0.717) is 6.54 Å². The highest BCUT2D eigenvalue weighted by Crippen LogP contribution is 2.18. The molecule has 2 rings (SSSR count). The molecule has 2 aromatic heterocycles. The van der Waals surface area contributed by atoms with Gasteiger partial charge in [0, 0.05) is 11.4 Å². The van der Waals surface area contributed by atoms with Crippen LogP contribution in [0.2, 0.25) is 0 Å². The molecule has 5 nitrogen and oxygen atoms in total. The second-order valence-electron chi connectivity index (χ2n) is 5.26. The molecule has 0 aromatic carbocycles. The Morgan fingerprint density at radius 1 is 1.36 bits per heavy atom. The molecular weight excluding hydrogens is 296 g/mol. The van der Waals surface area contributed by atoms with Crippen LogP contribution < -0.4 is 10.6 Å². The molecule has 2 heterocycles.